The smallest absolute Gasteiger partial charge is 0.119 e. The topological polar surface area (TPSA) is 30.5 Å². The molecule has 1 fully saturated rings. The van der Waals surface area contributed by atoms with E-state index in [0.29, 0.717) is 6.61 Å². The van der Waals surface area contributed by atoms with E-state index in [1.165, 1.54) is 12.8 Å². The predicted molar refractivity (Wildman–Crippen MR) is 80.7 cm³/mol. The van der Waals surface area contributed by atoms with Crippen LogP contribution < -0.4 is 10.1 Å². The van der Waals surface area contributed by atoms with Crippen molar-refractivity contribution in [3.63, 3.8) is 0 Å². The molecule has 0 bridgehead atoms. The minimum atomic E-state index is 0.699. The number of rotatable bonds is 10. The zero-order valence-corrected chi connectivity index (χ0v) is 12.8. The summed E-state index contributed by atoms with van der Waals surface area (Å²) in [5.74, 6) is 1.78. The van der Waals surface area contributed by atoms with Gasteiger partial charge in [-0.1, -0.05) is 15.9 Å². The van der Waals surface area contributed by atoms with Gasteiger partial charge in [0.15, 0.2) is 0 Å². The van der Waals surface area contributed by atoms with E-state index in [9.17, 15) is 0 Å². The number of halogens is 1. The summed E-state index contributed by atoms with van der Waals surface area (Å²) in [7, 11) is 0. The summed E-state index contributed by atoms with van der Waals surface area (Å²) in [6.07, 6.45) is 3.81. The molecular formula is C15H22BrNO2. The van der Waals surface area contributed by atoms with E-state index in [2.05, 4.69) is 21.2 Å². The number of hydrogen-bond donors (Lipinski definition) is 1. The molecule has 0 heterocycles. The van der Waals surface area contributed by atoms with Crippen LogP contribution in [0.1, 0.15) is 19.3 Å². The fourth-order valence-corrected chi connectivity index (χ4v) is 1.99. The summed E-state index contributed by atoms with van der Waals surface area (Å²) in [6.45, 7) is 4.40. The Labute approximate surface area is 123 Å². The lowest BCUT2D eigenvalue weighted by molar-refractivity contribution is 0.122. The minimum absolute atomic E-state index is 0.699. The Morgan fingerprint density at radius 3 is 2.63 bits per heavy atom. The van der Waals surface area contributed by atoms with E-state index in [0.717, 1.165) is 48.9 Å². The number of hydrogen-bond acceptors (Lipinski definition) is 3. The Hall–Kier alpha value is -0.580. The molecule has 1 aliphatic rings. The molecule has 0 unspecified atom stereocenters. The molecule has 0 aliphatic heterocycles. The Morgan fingerprint density at radius 1 is 1.11 bits per heavy atom. The molecule has 3 nitrogen and oxygen atoms in total. The van der Waals surface area contributed by atoms with E-state index in [1.807, 2.05) is 24.3 Å². The highest BCUT2D eigenvalue weighted by Crippen LogP contribution is 2.28. The van der Waals surface area contributed by atoms with Crippen molar-refractivity contribution in [3.05, 3.63) is 28.7 Å². The van der Waals surface area contributed by atoms with Crippen molar-refractivity contribution in [1.82, 2.24) is 5.32 Å². The van der Waals surface area contributed by atoms with E-state index in [-0.39, 0.29) is 0 Å². The van der Waals surface area contributed by atoms with Crippen LogP contribution in [0, 0.1) is 5.92 Å². The van der Waals surface area contributed by atoms with Crippen molar-refractivity contribution >= 4 is 15.9 Å². The standard InChI is InChI=1S/C15H22BrNO2/c16-14-4-6-15(7-5-14)19-11-9-17-8-1-10-18-12-13-2-3-13/h4-7,13,17H,1-3,8-12H2. The molecule has 1 aromatic carbocycles. The molecule has 0 atom stereocenters. The zero-order chi connectivity index (χ0) is 13.3. The Morgan fingerprint density at radius 2 is 1.89 bits per heavy atom. The second-order valence-corrected chi connectivity index (χ2v) is 5.84. The number of benzene rings is 1. The van der Waals surface area contributed by atoms with Crippen molar-refractivity contribution in [2.75, 3.05) is 32.9 Å². The number of nitrogens with one attached hydrogen (secondary N) is 1. The molecular weight excluding hydrogens is 306 g/mol. The van der Waals surface area contributed by atoms with Crippen LogP contribution in [0.2, 0.25) is 0 Å². The molecule has 19 heavy (non-hydrogen) atoms. The van der Waals surface area contributed by atoms with Gasteiger partial charge in [-0.05, 0) is 56.0 Å². The maximum absolute atomic E-state index is 5.61. The Kier molecular flexibility index (Phi) is 6.68. The third-order valence-corrected chi connectivity index (χ3v) is 3.58. The quantitative estimate of drug-likeness (QED) is 0.669. The summed E-state index contributed by atoms with van der Waals surface area (Å²) in [4.78, 5) is 0. The molecule has 106 valence electrons. The van der Waals surface area contributed by atoms with Crippen LogP contribution >= 0.6 is 15.9 Å². The van der Waals surface area contributed by atoms with Gasteiger partial charge in [0.05, 0.1) is 0 Å². The molecule has 0 aromatic heterocycles. The SMILES string of the molecule is Brc1ccc(OCCNCCCOCC2CC2)cc1. The third-order valence-electron chi connectivity index (χ3n) is 3.05. The van der Waals surface area contributed by atoms with Crippen molar-refractivity contribution in [2.24, 2.45) is 5.92 Å². The average Bonchev–Trinajstić information content (AvgIpc) is 3.23. The largest absolute Gasteiger partial charge is 0.492 e. The third kappa shape index (κ3) is 6.95. The highest BCUT2D eigenvalue weighted by molar-refractivity contribution is 9.10. The van der Waals surface area contributed by atoms with Gasteiger partial charge in [0.25, 0.3) is 0 Å². The van der Waals surface area contributed by atoms with Crippen LogP contribution in [0.25, 0.3) is 0 Å². The minimum Gasteiger partial charge on any atom is -0.492 e. The second-order valence-electron chi connectivity index (χ2n) is 4.92. The highest BCUT2D eigenvalue weighted by Gasteiger charge is 2.20. The van der Waals surface area contributed by atoms with Crippen LogP contribution in [0.5, 0.6) is 5.75 Å². The van der Waals surface area contributed by atoms with E-state index >= 15 is 0 Å². The van der Waals surface area contributed by atoms with Crippen molar-refractivity contribution in [1.29, 1.82) is 0 Å². The van der Waals surface area contributed by atoms with Gasteiger partial charge in [-0.3, -0.25) is 0 Å². The van der Waals surface area contributed by atoms with E-state index < -0.39 is 0 Å². The molecule has 0 amide bonds. The van der Waals surface area contributed by atoms with Crippen LogP contribution in [-0.2, 0) is 4.74 Å². The molecule has 1 aromatic rings. The molecule has 2 rings (SSSR count). The van der Waals surface area contributed by atoms with Gasteiger partial charge in [-0.15, -0.1) is 0 Å². The van der Waals surface area contributed by atoms with Crippen molar-refractivity contribution < 1.29 is 9.47 Å². The first-order chi connectivity index (χ1) is 9.34. The van der Waals surface area contributed by atoms with Crippen molar-refractivity contribution in [2.45, 2.75) is 19.3 Å². The van der Waals surface area contributed by atoms with Gasteiger partial charge in [0.1, 0.15) is 12.4 Å². The lowest BCUT2D eigenvalue weighted by atomic mass is 10.3. The van der Waals surface area contributed by atoms with Gasteiger partial charge >= 0.3 is 0 Å². The fraction of sp³-hybridized carbons (Fsp3) is 0.600. The van der Waals surface area contributed by atoms with Crippen LogP contribution in [0.15, 0.2) is 28.7 Å². The molecule has 0 saturated heterocycles. The van der Waals surface area contributed by atoms with Gasteiger partial charge in [-0.2, -0.15) is 0 Å². The summed E-state index contributed by atoms with van der Waals surface area (Å²) in [5.41, 5.74) is 0. The molecule has 4 heteroatoms. The summed E-state index contributed by atoms with van der Waals surface area (Å²) in [5, 5.41) is 3.36. The summed E-state index contributed by atoms with van der Waals surface area (Å²) in [6, 6.07) is 7.91. The second kappa shape index (κ2) is 8.56. The average molecular weight is 328 g/mol. The van der Waals surface area contributed by atoms with Crippen molar-refractivity contribution in [3.8, 4) is 5.75 Å². The zero-order valence-electron chi connectivity index (χ0n) is 11.2. The monoisotopic (exact) mass is 327 g/mol. The normalized spacial score (nSPS) is 14.6. The maximum atomic E-state index is 5.61. The lowest BCUT2D eigenvalue weighted by Crippen LogP contribution is -2.23. The number of ether oxygens (including phenoxy) is 2. The van der Waals surface area contributed by atoms with E-state index in [4.69, 9.17) is 9.47 Å². The first-order valence-electron chi connectivity index (χ1n) is 7.01. The first-order valence-corrected chi connectivity index (χ1v) is 7.81. The Bertz CT molecular complexity index is 352. The first kappa shape index (κ1) is 14.8. The van der Waals surface area contributed by atoms with E-state index in [1.54, 1.807) is 0 Å². The van der Waals surface area contributed by atoms with Gasteiger partial charge < -0.3 is 14.8 Å². The van der Waals surface area contributed by atoms with Crippen LogP contribution in [0.3, 0.4) is 0 Å². The molecule has 1 saturated carbocycles. The molecule has 0 spiro atoms. The van der Waals surface area contributed by atoms with Gasteiger partial charge in [0, 0.05) is 24.2 Å². The summed E-state index contributed by atoms with van der Waals surface area (Å²) >= 11 is 3.40. The fourth-order valence-electron chi connectivity index (χ4n) is 1.73. The summed E-state index contributed by atoms with van der Waals surface area (Å²) < 4.78 is 12.3. The van der Waals surface area contributed by atoms with Gasteiger partial charge in [0.2, 0.25) is 0 Å². The van der Waals surface area contributed by atoms with Gasteiger partial charge in [-0.25, -0.2) is 0 Å². The molecule has 1 aliphatic carbocycles. The molecule has 1 N–H and O–H groups in total. The highest BCUT2D eigenvalue weighted by atomic mass is 79.9. The molecule has 0 radical (unpaired) electrons. The van der Waals surface area contributed by atoms with Crippen LogP contribution in [0.4, 0.5) is 0 Å². The maximum Gasteiger partial charge on any atom is 0.119 e. The lowest BCUT2D eigenvalue weighted by Gasteiger charge is -2.08. The van der Waals surface area contributed by atoms with Crippen LogP contribution in [-0.4, -0.2) is 32.9 Å². The Balaban J connectivity index is 1.38. The predicted octanol–water partition coefficient (Wildman–Crippen LogP) is 3.23.